The van der Waals surface area contributed by atoms with Gasteiger partial charge in [-0.2, -0.15) is 5.26 Å². The van der Waals surface area contributed by atoms with Gasteiger partial charge in [0.05, 0.1) is 28.6 Å². The Morgan fingerprint density at radius 2 is 2.00 bits per heavy atom. The molecule has 0 aromatic heterocycles. The van der Waals surface area contributed by atoms with Crippen molar-refractivity contribution in [2.75, 3.05) is 17.7 Å². The Hall–Kier alpha value is -3.00. The zero-order chi connectivity index (χ0) is 14.7. The lowest BCUT2D eigenvalue weighted by Gasteiger charge is -2.23. The highest BCUT2D eigenvalue weighted by Crippen LogP contribution is 2.32. The Kier molecular flexibility index (Phi) is 3.58. The molecule has 0 saturated heterocycles. The number of carbonyl (C=O) groups is 1. The Bertz CT molecular complexity index is 705. The summed E-state index contributed by atoms with van der Waals surface area (Å²) in [7, 11) is 1.72. The molecule has 0 spiro atoms. The molecule has 2 rings (SSSR count). The molecule has 0 bridgehead atoms. The molecule has 0 amide bonds. The van der Waals surface area contributed by atoms with E-state index < -0.39 is 5.97 Å². The van der Waals surface area contributed by atoms with Crippen molar-refractivity contribution in [1.29, 1.82) is 5.26 Å². The summed E-state index contributed by atoms with van der Waals surface area (Å²) in [6.07, 6.45) is 0. The van der Waals surface area contributed by atoms with Crippen LogP contribution in [0.2, 0.25) is 0 Å². The predicted molar refractivity (Wildman–Crippen MR) is 77.0 cm³/mol. The van der Waals surface area contributed by atoms with Crippen LogP contribution >= 0.6 is 0 Å². The molecule has 0 radical (unpaired) electrons. The zero-order valence-corrected chi connectivity index (χ0v) is 10.9. The minimum absolute atomic E-state index is 0.120. The van der Waals surface area contributed by atoms with E-state index in [0.717, 1.165) is 0 Å². The number of hydrogen-bond acceptors (Lipinski definition) is 4. The molecule has 0 heterocycles. The van der Waals surface area contributed by atoms with Crippen LogP contribution in [-0.2, 0) is 0 Å². The molecule has 100 valence electrons. The highest BCUT2D eigenvalue weighted by molar-refractivity contribution is 5.99. The van der Waals surface area contributed by atoms with Gasteiger partial charge in [-0.15, -0.1) is 0 Å². The van der Waals surface area contributed by atoms with Crippen LogP contribution in [0, 0.1) is 11.3 Å². The third-order valence-electron chi connectivity index (χ3n) is 3.00. The van der Waals surface area contributed by atoms with Crippen molar-refractivity contribution in [2.45, 2.75) is 0 Å². The fourth-order valence-corrected chi connectivity index (χ4v) is 2.02. The van der Waals surface area contributed by atoms with Crippen LogP contribution < -0.4 is 10.6 Å². The van der Waals surface area contributed by atoms with E-state index in [1.165, 1.54) is 6.07 Å². The Balaban J connectivity index is 2.56. The van der Waals surface area contributed by atoms with Crippen molar-refractivity contribution in [1.82, 2.24) is 0 Å². The number of nitrogens with two attached hydrogens (primary N) is 1. The van der Waals surface area contributed by atoms with Crippen LogP contribution in [0.5, 0.6) is 0 Å². The van der Waals surface area contributed by atoms with Crippen LogP contribution in [-0.4, -0.2) is 18.1 Å². The minimum Gasteiger partial charge on any atom is -0.478 e. The largest absolute Gasteiger partial charge is 0.478 e. The Morgan fingerprint density at radius 3 is 2.65 bits per heavy atom. The van der Waals surface area contributed by atoms with Gasteiger partial charge in [-0.3, -0.25) is 0 Å². The van der Waals surface area contributed by atoms with Crippen molar-refractivity contribution in [3.63, 3.8) is 0 Å². The average Bonchev–Trinajstić information content (AvgIpc) is 2.46. The van der Waals surface area contributed by atoms with Crippen LogP contribution in [0.4, 0.5) is 17.1 Å². The van der Waals surface area contributed by atoms with E-state index in [4.69, 9.17) is 11.0 Å². The van der Waals surface area contributed by atoms with Crippen LogP contribution in [0.15, 0.2) is 42.5 Å². The van der Waals surface area contributed by atoms with Crippen molar-refractivity contribution >= 4 is 23.0 Å². The summed E-state index contributed by atoms with van der Waals surface area (Å²) in [4.78, 5) is 13.0. The number of anilines is 3. The van der Waals surface area contributed by atoms with Gasteiger partial charge < -0.3 is 15.7 Å². The summed E-state index contributed by atoms with van der Waals surface area (Å²) in [5.41, 5.74) is 8.00. The quantitative estimate of drug-likeness (QED) is 0.834. The number of para-hydroxylation sites is 1. The lowest BCUT2D eigenvalue weighted by atomic mass is 10.1. The molecule has 0 aliphatic rings. The molecule has 2 aromatic rings. The SMILES string of the molecule is CN(c1cccc(C#N)c1)c1c(N)cccc1C(=O)O. The first-order valence-corrected chi connectivity index (χ1v) is 5.90. The fourth-order valence-electron chi connectivity index (χ4n) is 2.02. The predicted octanol–water partition coefficient (Wildman–Crippen LogP) is 2.61. The van der Waals surface area contributed by atoms with Gasteiger partial charge in [-0.25, -0.2) is 4.79 Å². The number of carboxylic acid groups (broad SMARTS) is 1. The number of nitrogens with zero attached hydrogens (tertiary/aromatic N) is 2. The number of nitrogen functional groups attached to an aromatic ring is 1. The molecular formula is C15H13N3O2. The smallest absolute Gasteiger partial charge is 0.337 e. The summed E-state index contributed by atoms with van der Waals surface area (Å²) in [5, 5.41) is 18.2. The highest BCUT2D eigenvalue weighted by atomic mass is 16.4. The molecule has 0 saturated carbocycles. The molecule has 0 aliphatic heterocycles. The molecular weight excluding hydrogens is 254 g/mol. The summed E-state index contributed by atoms with van der Waals surface area (Å²) in [5.74, 6) is -1.05. The van der Waals surface area contributed by atoms with E-state index >= 15 is 0 Å². The van der Waals surface area contributed by atoms with E-state index in [1.54, 1.807) is 48.3 Å². The molecule has 5 heteroatoms. The van der Waals surface area contributed by atoms with Gasteiger partial charge in [0, 0.05) is 12.7 Å². The number of rotatable bonds is 3. The number of carboxylic acids is 1. The van der Waals surface area contributed by atoms with Crippen LogP contribution in [0.3, 0.4) is 0 Å². The Labute approximate surface area is 116 Å². The molecule has 20 heavy (non-hydrogen) atoms. The maximum atomic E-state index is 11.3. The van der Waals surface area contributed by atoms with Crippen molar-refractivity contribution in [3.8, 4) is 6.07 Å². The van der Waals surface area contributed by atoms with Gasteiger partial charge in [0.25, 0.3) is 0 Å². The molecule has 0 fully saturated rings. The monoisotopic (exact) mass is 267 g/mol. The standard InChI is InChI=1S/C15H13N3O2/c1-18(11-5-2-4-10(8-11)9-16)14-12(15(19)20)6-3-7-13(14)17/h2-8H,17H2,1H3,(H,19,20). The van der Waals surface area contributed by atoms with Gasteiger partial charge in [0.1, 0.15) is 0 Å². The van der Waals surface area contributed by atoms with E-state index in [2.05, 4.69) is 6.07 Å². The van der Waals surface area contributed by atoms with E-state index in [0.29, 0.717) is 22.6 Å². The second kappa shape index (κ2) is 5.33. The first-order valence-electron chi connectivity index (χ1n) is 5.90. The van der Waals surface area contributed by atoms with Crippen LogP contribution in [0.1, 0.15) is 15.9 Å². The van der Waals surface area contributed by atoms with Gasteiger partial charge in [-0.05, 0) is 30.3 Å². The van der Waals surface area contributed by atoms with Crippen LogP contribution in [0.25, 0.3) is 0 Å². The lowest BCUT2D eigenvalue weighted by Crippen LogP contribution is -2.16. The molecule has 0 aliphatic carbocycles. The normalized spacial score (nSPS) is 9.80. The number of benzene rings is 2. The number of aromatic carboxylic acids is 1. The maximum absolute atomic E-state index is 11.3. The second-order valence-corrected chi connectivity index (χ2v) is 4.27. The summed E-state index contributed by atoms with van der Waals surface area (Å²) >= 11 is 0. The first-order chi connectivity index (χ1) is 9.54. The second-order valence-electron chi connectivity index (χ2n) is 4.27. The molecule has 5 nitrogen and oxygen atoms in total. The Morgan fingerprint density at radius 1 is 1.30 bits per heavy atom. The summed E-state index contributed by atoms with van der Waals surface area (Å²) in [6, 6.07) is 13.7. The van der Waals surface area contributed by atoms with Gasteiger partial charge >= 0.3 is 5.97 Å². The first kappa shape index (κ1) is 13.4. The molecule has 2 aromatic carbocycles. The maximum Gasteiger partial charge on any atom is 0.337 e. The van der Waals surface area contributed by atoms with Gasteiger partial charge in [0.2, 0.25) is 0 Å². The van der Waals surface area contributed by atoms with Crippen molar-refractivity contribution in [3.05, 3.63) is 53.6 Å². The van der Waals surface area contributed by atoms with Gasteiger partial charge in [0.15, 0.2) is 0 Å². The lowest BCUT2D eigenvalue weighted by molar-refractivity contribution is 0.0697. The van der Waals surface area contributed by atoms with E-state index in [9.17, 15) is 9.90 Å². The number of nitriles is 1. The molecule has 0 atom stereocenters. The fraction of sp³-hybridized carbons (Fsp3) is 0.0667. The summed E-state index contributed by atoms with van der Waals surface area (Å²) < 4.78 is 0. The topological polar surface area (TPSA) is 90.4 Å². The molecule has 3 N–H and O–H groups in total. The van der Waals surface area contributed by atoms with Gasteiger partial charge in [-0.1, -0.05) is 12.1 Å². The summed E-state index contributed by atoms with van der Waals surface area (Å²) in [6.45, 7) is 0. The highest BCUT2D eigenvalue weighted by Gasteiger charge is 2.17. The third kappa shape index (κ3) is 2.40. The van der Waals surface area contributed by atoms with Crippen molar-refractivity contribution in [2.24, 2.45) is 0 Å². The van der Waals surface area contributed by atoms with Crippen molar-refractivity contribution < 1.29 is 9.90 Å². The average molecular weight is 267 g/mol. The molecule has 0 unspecified atom stereocenters. The van der Waals surface area contributed by atoms with E-state index in [-0.39, 0.29) is 5.56 Å². The number of hydrogen-bond donors (Lipinski definition) is 2. The van der Waals surface area contributed by atoms with E-state index in [1.807, 2.05) is 0 Å². The third-order valence-corrected chi connectivity index (χ3v) is 3.00. The zero-order valence-electron chi connectivity index (χ0n) is 10.9. The minimum atomic E-state index is -1.05.